The lowest BCUT2D eigenvalue weighted by Gasteiger charge is -2.34. The fourth-order valence-electron chi connectivity index (χ4n) is 3.04. The fraction of sp³-hybridized carbons (Fsp3) is 0.278. The highest BCUT2D eigenvalue weighted by Crippen LogP contribution is 2.32. The van der Waals surface area contributed by atoms with E-state index < -0.39 is 0 Å². The monoisotopic (exact) mass is 340 g/mol. The second-order valence-electron chi connectivity index (χ2n) is 5.45. The summed E-state index contributed by atoms with van der Waals surface area (Å²) in [7, 11) is 0. The van der Waals surface area contributed by atoms with Crippen LogP contribution in [0, 0.1) is 11.3 Å². The van der Waals surface area contributed by atoms with Crippen LogP contribution in [0.1, 0.15) is 29.9 Å². The van der Waals surface area contributed by atoms with Crippen LogP contribution in [0.3, 0.4) is 0 Å². The zero-order valence-corrected chi connectivity index (χ0v) is 13.4. The SMILES string of the molecule is N#Cc1ccc(Br)cc1N1CCC(c2ccccc2)CC1. The summed E-state index contributed by atoms with van der Waals surface area (Å²) in [5.74, 6) is 0.639. The maximum atomic E-state index is 9.28. The third-order valence-corrected chi connectivity index (χ3v) is 4.68. The highest BCUT2D eigenvalue weighted by atomic mass is 79.9. The first kappa shape index (κ1) is 14.2. The number of halogens is 1. The van der Waals surface area contributed by atoms with Crippen LogP contribution >= 0.6 is 15.9 Å². The number of benzene rings is 2. The molecule has 1 heterocycles. The molecule has 0 unspecified atom stereocenters. The number of anilines is 1. The molecule has 0 amide bonds. The van der Waals surface area contributed by atoms with Gasteiger partial charge in [0.15, 0.2) is 0 Å². The zero-order chi connectivity index (χ0) is 14.7. The van der Waals surface area contributed by atoms with Gasteiger partial charge in [-0.05, 0) is 42.5 Å². The van der Waals surface area contributed by atoms with E-state index in [0.717, 1.165) is 41.7 Å². The maximum Gasteiger partial charge on any atom is 0.101 e. The number of nitriles is 1. The summed E-state index contributed by atoms with van der Waals surface area (Å²) >= 11 is 3.50. The van der Waals surface area contributed by atoms with E-state index in [9.17, 15) is 5.26 Å². The molecule has 0 spiro atoms. The second kappa shape index (κ2) is 6.32. The van der Waals surface area contributed by atoms with Gasteiger partial charge in [0.1, 0.15) is 6.07 Å². The van der Waals surface area contributed by atoms with Crippen molar-refractivity contribution in [3.8, 4) is 6.07 Å². The van der Waals surface area contributed by atoms with Gasteiger partial charge in [0.2, 0.25) is 0 Å². The minimum atomic E-state index is 0.639. The smallest absolute Gasteiger partial charge is 0.101 e. The van der Waals surface area contributed by atoms with E-state index in [4.69, 9.17) is 0 Å². The first-order chi connectivity index (χ1) is 10.3. The summed E-state index contributed by atoms with van der Waals surface area (Å²) in [5.41, 5.74) is 3.25. The van der Waals surface area contributed by atoms with Gasteiger partial charge in [-0.25, -0.2) is 0 Å². The largest absolute Gasteiger partial charge is 0.370 e. The van der Waals surface area contributed by atoms with Gasteiger partial charge in [-0.1, -0.05) is 46.3 Å². The van der Waals surface area contributed by atoms with Crippen LogP contribution in [0.15, 0.2) is 53.0 Å². The van der Waals surface area contributed by atoms with Crippen LogP contribution in [-0.4, -0.2) is 13.1 Å². The highest BCUT2D eigenvalue weighted by Gasteiger charge is 2.22. The van der Waals surface area contributed by atoms with Crippen LogP contribution in [0.5, 0.6) is 0 Å². The molecule has 1 saturated heterocycles. The van der Waals surface area contributed by atoms with E-state index in [1.54, 1.807) is 0 Å². The topological polar surface area (TPSA) is 27.0 Å². The van der Waals surface area contributed by atoms with Gasteiger partial charge < -0.3 is 4.90 Å². The molecule has 0 atom stereocenters. The molecule has 0 aromatic heterocycles. The average Bonchev–Trinajstić information content (AvgIpc) is 2.56. The second-order valence-corrected chi connectivity index (χ2v) is 6.36. The number of piperidine rings is 1. The lowest BCUT2D eigenvalue weighted by atomic mass is 9.89. The summed E-state index contributed by atoms with van der Waals surface area (Å²) < 4.78 is 1.03. The van der Waals surface area contributed by atoms with Crippen molar-refractivity contribution in [1.82, 2.24) is 0 Å². The number of hydrogen-bond donors (Lipinski definition) is 0. The molecule has 0 saturated carbocycles. The molecule has 3 rings (SSSR count). The van der Waals surface area contributed by atoms with Crippen LogP contribution in [0.25, 0.3) is 0 Å². The Labute approximate surface area is 134 Å². The molecule has 0 aliphatic carbocycles. The summed E-state index contributed by atoms with van der Waals surface area (Å²) in [6.07, 6.45) is 2.28. The van der Waals surface area contributed by atoms with Crippen molar-refractivity contribution in [2.75, 3.05) is 18.0 Å². The highest BCUT2D eigenvalue weighted by molar-refractivity contribution is 9.10. The van der Waals surface area contributed by atoms with Gasteiger partial charge in [0.25, 0.3) is 0 Å². The van der Waals surface area contributed by atoms with Gasteiger partial charge in [-0.3, -0.25) is 0 Å². The fourth-order valence-corrected chi connectivity index (χ4v) is 3.39. The third kappa shape index (κ3) is 3.11. The molecule has 1 aliphatic heterocycles. The summed E-state index contributed by atoms with van der Waals surface area (Å²) in [4.78, 5) is 2.34. The Morgan fingerprint density at radius 3 is 2.43 bits per heavy atom. The van der Waals surface area contributed by atoms with E-state index >= 15 is 0 Å². The van der Waals surface area contributed by atoms with Gasteiger partial charge in [0.05, 0.1) is 11.3 Å². The normalized spacial score (nSPS) is 15.7. The van der Waals surface area contributed by atoms with Crippen molar-refractivity contribution in [2.24, 2.45) is 0 Å². The van der Waals surface area contributed by atoms with E-state index in [1.807, 2.05) is 12.1 Å². The number of hydrogen-bond acceptors (Lipinski definition) is 2. The molecule has 0 N–H and O–H groups in total. The molecule has 1 aliphatic rings. The Morgan fingerprint density at radius 2 is 1.76 bits per heavy atom. The molecular weight excluding hydrogens is 324 g/mol. The number of nitrogens with zero attached hydrogens (tertiary/aromatic N) is 2. The van der Waals surface area contributed by atoms with E-state index in [-0.39, 0.29) is 0 Å². The minimum absolute atomic E-state index is 0.639. The molecule has 3 heteroatoms. The van der Waals surface area contributed by atoms with Crippen LogP contribution < -0.4 is 4.90 Å². The van der Waals surface area contributed by atoms with E-state index in [2.05, 4.69) is 63.3 Å². The molecule has 2 aromatic carbocycles. The Morgan fingerprint density at radius 1 is 1.05 bits per heavy atom. The quantitative estimate of drug-likeness (QED) is 0.791. The summed E-state index contributed by atoms with van der Waals surface area (Å²) in [5, 5.41) is 9.28. The lowest BCUT2D eigenvalue weighted by Crippen LogP contribution is -2.33. The first-order valence-electron chi connectivity index (χ1n) is 7.27. The van der Waals surface area contributed by atoms with Crippen molar-refractivity contribution < 1.29 is 0 Å². The van der Waals surface area contributed by atoms with Crippen molar-refractivity contribution in [2.45, 2.75) is 18.8 Å². The third-order valence-electron chi connectivity index (χ3n) is 4.19. The van der Waals surface area contributed by atoms with E-state index in [1.165, 1.54) is 5.56 Å². The van der Waals surface area contributed by atoms with Crippen molar-refractivity contribution in [1.29, 1.82) is 5.26 Å². The maximum absolute atomic E-state index is 9.28. The predicted molar refractivity (Wildman–Crippen MR) is 89.5 cm³/mol. The molecule has 1 fully saturated rings. The molecule has 0 bridgehead atoms. The van der Waals surface area contributed by atoms with E-state index in [0.29, 0.717) is 5.92 Å². The van der Waals surface area contributed by atoms with Gasteiger partial charge in [-0.15, -0.1) is 0 Å². The summed E-state index contributed by atoms with van der Waals surface area (Å²) in [6.45, 7) is 2.01. The molecular formula is C18H17BrN2. The predicted octanol–water partition coefficient (Wildman–Crippen LogP) is 4.70. The Bertz CT molecular complexity index is 653. The lowest BCUT2D eigenvalue weighted by molar-refractivity contribution is 0.505. The Balaban J connectivity index is 1.75. The molecule has 0 radical (unpaired) electrons. The van der Waals surface area contributed by atoms with Crippen molar-refractivity contribution >= 4 is 21.6 Å². The number of rotatable bonds is 2. The standard InChI is InChI=1S/C18H17BrN2/c19-17-7-6-16(13-20)18(12-17)21-10-8-15(9-11-21)14-4-2-1-3-5-14/h1-7,12,15H,8-11H2. The minimum Gasteiger partial charge on any atom is -0.370 e. The van der Waals surface area contributed by atoms with Gasteiger partial charge in [0, 0.05) is 17.6 Å². The van der Waals surface area contributed by atoms with Crippen molar-refractivity contribution in [3.63, 3.8) is 0 Å². The van der Waals surface area contributed by atoms with Crippen LogP contribution in [-0.2, 0) is 0 Å². The van der Waals surface area contributed by atoms with Crippen molar-refractivity contribution in [3.05, 3.63) is 64.1 Å². The molecule has 2 aromatic rings. The van der Waals surface area contributed by atoms with Gasteiger partial charge in [-0.2, -0.15) is 5.26 Å². The molecule has 21 heavy (non-hydrogen) atoms. The van der Waals surface area contributed by atoms with Crippen LogP contribution in [0.4, 0.5) is 5.69 Å². The Hall–Kier alpha value is -1.79. The Kier molecular flexibility index (Phi) is 4.26. The van der Waals surface area contributed by atoms with Gasteiger partial charge >= 0.3 is 0 Å². The summed E-state index contributed by atoms with van der Waals surface area (Å²) in [6, 6.07) is 18.9. The first-order valence-corrected chi connectivity index (χ1v) is 8.07. The molecule has 2 nitrogen and oxygen atoms in total. The average molecular weight is 341 g/mol. The molecule has 106 valence electrons. The van der Waals surface area contributed by atoms with Crippen LogP contribution in [0.2, 0.25) is 0 Å². The zero-order valence-electron chi connectivity index (χ0n) is 11.8.